The van der Waals surface area contributed by atoms with Crippen LogP contribution in [0.15, 0.2) is 53.0 Å². The molecule has 2 aromatic heterocycles. The molecule has 0 aliphatic rings. The Balaban J connectivity index is 1.57. The van der Waals surface area contributed by atoms with E-state index in [9.17, 15) is 4.79 Å². The largest absolute Gasteiger partial charge is 0.349 e. The van der Waals surface area contributed by atoms with Gasteiger partial charge in [-0.1, -0.05) is 48.2 Å². The number of rotatable bonds is 9. The van der Waals surface area contributed by atoms with Crippen LogP contribution in [0.3, 0.4) is 0 Å². The van der Waals surface area contributed by atoms with Crippen molar-refractivity contribution < 1.29 is 9.69 Å². The lowest BCUT2D eigenvalue weighted by Crippen LogP contribution is -3.07. The summed E-state index contributed by atoms with van der Waals surface area (Å²) in [4.78, 5) is 14.8. The summed E-state index contributed by atoms with van der Waals surface area (Å²) in [5.41, 5.74) is 1.22. The van der Waals surface area contributed by atoms with Crippen molar-refractivity contribution in [1.82, 2.24) is 20.1 Å². The number of quaternary nitrogens is 1. The minimum Gasteiger partial charge on any atom is -0.349 e. The smallest absolute Gasteiger partial charge is 0.230 e. The Morgan fingerprint density at radius 2 is 2.00 bits per heavy atom. The number of nitrogens with zero attached hydrogens (tertiary/aromatic N) is 3. The molecular formula is C20H26N5OS2+. The molecule has 0 radical (unpaired) electrons. The quantitative estimate of drug-likeness (QED) is 0.525. The predicted molar refractivity (Wildman–Crippen MR) is 115 cm³/mol. The molecule has 0 aliphatic heterocycles. The third-order valence-corrected chi connectivity index (χ3v) is 6.34. The van der Waals surface area contributed by atoms with Gasteiger partial charge in [-0.3, -0.25) is 4.79 Å². The monoisotopic (exact) mass is 416 g/mol. The van der Waals surface area contributed by atoms with E-state index < -0.39 is 0 Å². The van der Waals surface area contributed by atoms with Crippen LogP contribution in [0.5, 0.6) is 0 Å². The Hall–Kier alpha value is -2.16. The van der Waals surface area contributed by atoms with Crippen LogP contribution < -0.4 is 10.2 Å². The summed E-state index contributed by atoms with van der Waals surface area (Å²) < 4.78 is 2.06. The van der Waals surface area contributed by atoms with Crippen molar-refractivity contribution in [3.63, 3.8) is 0 Å². The van der Waals surface area contributed by atoms with Gasteiger partial charge in [0.15, 0.2) is 11.0 Å². The van der Waals surface area contributed by atoms with E-state index in [-0.39, 0.29) is 11.9 Å². The van der Waals surface area contributed by atoms with Gasteiger partial charge in [-0.05, 0) is 18.4 Å². The molecule has 0 spiro atoms. The van der Waals surface area contributed by atoms with Crippen molar-refractivity contribution >= 4 is 29.0 Å². The van der Waals surface area contributed by atoms with Gasteiger partial charge in [0.2, 0.25) is 5.91 Å². The second kappa shape index (κ2) is 9.86. The van der Waals surface area contributed by atoms with E-state index in [1.54, 1.807) is 11.3 Å². The molecule has 1 aromatic carbocycles. The van der Waals surface area contributed by atoms with Crippen LogP contribution in [-0.2, 0) is 11.3 Å². The summed E-state index contributed by atoms with van der Waals surface area (Å²) in [7, 11) is 4.21. The van der Waals surface area contributed by atoms with E-state index in [2.05, 4.69) is 53.2 Å². The third-order valence-electron chi connectivity index (χ3n) is 4.51. The van der Waals surface area contributed by atoms with Crippen LogP contribution in [0, 0.1) is 0 Å². The number of thioether (sulfide) groups is 1. The van der Waals surface area contributed by atoms with E-state index in [4.69, 9.17) is 0 Å². The van der Waals surface area contributed by atoms with Gasteiger partial charge in [0, 0.05) is 12.1 Å². The number of carbonyl (C=O) groups is 1. The minimum absolute atomic E-state index is 0.00973. The highest BCUT2D eigenvalue weighted by molar-refractivity contribution is 7.99. The van der Waals surface area contributed by atoms with Crippen molar-refractivity contribution in [2.75, 3.05) is 26.4 Å². The second-order valence-corrected chi connectivity index (χ2v) is 8.55. The van der Waals surface area contributed by atoms with Crippen LogP contribution in [0.25, 0.3) is 10.7 Å². The maximum absolute atomic E-state index is 12.4. The Labute approximate surface area is 174 Å². The molecule has 0 saturated carbocycles. The van der Waals surface area contributed by atoms with E-state index in [1.807, 2.05) is 35.7 Å². The lowest BCUT2D eigenvalue weighted by atomic mass is 10.1. The molecule has 148 valence electrons. The number of likely N-dealkylation sites (N-methyl/N-ethyl adjacent to an activating group) is 1. The minimum atomic E-state index is 0.00973. The molecule has 0 unspecified atom stereocenters. The summed E-state index contributed by atoms with van der Waals surface area (Å²) in [6.45, 7) is 3.44. The van der Waals surface area contributed by atoms with Gasteiger partial charge >= 0.3 is 0 Å². The van der Waals surface area contributed by atoms with Gasteiger partial charge in [-0.15, -0.1) is 21.5 Å². The molecule has 1 atom stereocenters. The molecule has 1 amide bonds. The first-order chi connectivity index (χ1) is 13.6. The molecule has 0 bridgehead atoms. The van der Waals surface area contributed by atoms with Gasteiger partial charge in [0.05, 0.1) is 31.3 Å². The van der Waals surface area contributed by atoms with Crippen LogP contribution in [0.1, 0.15) is 18.5 Å². The molecule has 2 N–H and O–H groups in total. The molecule has 2 heterocycles. The Morgan fingerprint density at radius 1 is 1.21 bits per heavy atom. The molecule has 8 heteroatoms. The number of nitrogens with one attached hydrogen (secondary N) is 2. The predicted octanol–water partition coefficient (Wildman–Crippen LogP) is 2.12. The van der Waals surface area contributed by atoms with Crippen molar-refractivity contribution in [3.05, 3.63) is 53.4 Å². The molecule has 0 fully saturated rings. The Morgan fingerprint density at radius 3 is 2.64 bits per heavy atom. The highest BCUT2D eigenvalue weighted by Crippen LogP contribution is 2.27. The highest BCUT2D eigenvalue weighted by atomic mass is 32.2. The summed E-state index contributed by atoms with van der Waals surface area (Å²) in [6.07, 6.45) is 0. The normalized spacial score (nSPS) is 12.3. The molecule has 3 aromatic rings. The lowest BCUT2D eigenvalue weighted by molar-refractivity contribution is -0.890. The van der Waals surface area contributed by atoms with Crippen molar-refractivity contribution in [2.45, 2.75) is 24.7 Å². The van der Waals surface area contributed by atoms with Gasteiger partial charge < -0.3 is 14.8 Å². The zero-order chi connectivity index (χ0) is 19.9. The summed E-state index contributed by atoms with van der Waals surface area (Å²) >= 11 is 3.07. The maximum atomic E-state index is 12.4. The zero-order valence-corrected chi connectivity index (χ0v) is 18.0. The number of hydrogen-bond acceptors (Lipinski definition) is 5. The van der Waals surface area contributed by atoms with Crippen LogP contribution >= 0.6 is 23.1 Å². The molecule has 28 heavy (non-hydrogen) atoms. The molecule has 6 nitrogen and oxygen atoms in total. The topological polar surface area (TPSA) is 64.2 Å². The van der Waals surface area contributed by atoms with Crippen molar-refractivity contribution in [3.8, 4) is 10.7 Å². The Kier molecular flexibility index (Phi) is 7.24. The van der Waals surface area contributed by atoms with Crippen molar-refractivity contribution in [2.24, 2.45) is 0 Å². The highest BCUT2D eigenvalue weighted by Gasteiger charge is 2.19. The van der Waals surface area contributed by atoms with Gasteiger partial charge in [0.25, 0.3) is 0 Å². The van der Waals surface area contributed by atoms with Crippen LogP contribution in [0.2, 0.25) is 0 Å². The van der Waals surface area contributed by atoms with Crippen LogP contribution in [0.4, 0.5) is 0 Å². The fourth-order valence-electron chi connectivity index (χ4n) is 3.01. The van der Waals surface area contributed by atoms with Crippen molar-refractivity contribution in [1.29, 1.82) is 0 Å². The number of aromatic nitrogens is 3. The SMILES string of the molecule is CCn1c(SCC(=O)NC[C@H](c2ccccc2)[NH+](C)C)nnc1-c1cccs1. The number of thiophene rings is 1. The first-order valence-electron chi connectivity index (χ1n) is 9.31. The van der Waals surface area contributed by atoms with E-state index in [1.165, 1.54) is 22.2 Å². The van der Waals surface area contributed by atoms with Gasteiger partial charge in [-0.2, -0.15) is 0 Å². The molecular weight excluding hydrogens is 390 g/mol. The fraction of sp³-hybridized carbons (Fsp3) is 0.350. The fourth-order valence-corrected chi connectivity index (χ4v) is 4.56. The van der Waals surface area contributed by atoms with E-state index in [0.717, 1.165) is 22.4 Å². The van der Waals surface area contributed by atoms with E-state index >= 15 is 0 Å². The Bertz CT molecular complexity index is 877. The molecule has 0 aliphatic carbocycles. The molecule has 3 rings (SSSR count). The number of carbonyl (C=O) groups excluding carboxylic acids is 1. The number of hydrogen-bond donors (Lipinski definition) is 2. The molecule has 0 saturated heterocycles. The average molecular weight is 417 g/mol. The number of benzene rings is 1. The van der Waals surface area contributed by atoms with E-state index in [0.29, 0.717) is 12.3 Å². The summed E-state index contributed by atoms with van der Waals surface area (Å²) in [5, 5.41) is 14.5. The first-order valence-corrected chi connectivity index (χ1v) is 11.2. The second-order valence-electron chi connectivity index (χ2n) is 6.66. The third kappa shape index (κ3) is 5.01. The maximum Gasteiger partial charge on any atom is 0.230 e. The summed E-state index contributed by atoms with van der Waals surface area (Å²) in [5.74, 6) is 1.20. The first kappa shape index (κ1) is 20.6. The van der Waals surface area contributed by atoms with Gasteiger partial charge in [-0.25, -0.2) is 0 Å². The zero-order valence-electron chi connectivity index (χ0n) is 16.4. The standard InChI is InChI=1S/C20H25N5OS2/c1-4-25-19(17-11-8-12-27-17)22-23-20(25)28-14-18(26)21-13-16(24(2)3)15-9-6-5-7-10-15/h5-12,16H,4,13-14H2,1-3H3,(H,21,26)/p+1/t16-/m1/s1. The summed E-state index contributed by atoms with van der Waals surface area (Å²) in [6, 6.07) is 14.6. The average Bonchev–Trinajstić information content (AvgIpc) is 3.36. The van der Waals surface area contributed by atoms with Crippen LogP contribution in [-0.4, -0.2) is 47.1 Å². The van der Waals surface area contributed by atoms with Gasteiger partial charge in [0.1, 0.15) is 6.04 Å². The number of amides is 1. The lowest BCUT2D eigenvalue weighted by Gasteiger charge is -2.22.